The predicted molar refractivity (Wildman–Crippen MR) is 109 cm³/mol. The molecule has 0 N–H and O–H groups in total. The van der Waals surface area contributed by atoms with Crippen LogP contribution in [-0.2, 0) is 0 Å². The van der Waals surface area contributed by atoms with Crippen molar-refractivity contribution < 1.29 is 13.9 Å². The van der Waals surface area contributed by atoms with Crippen LogP contribution in [-0.4, -0.2) is 17.5 Å². The number of benzene rings is 2. The van der Waals surface area contributed by atoms with Gasteiger partial charge >= 0.3 is 5.63 Å². The Balaban J connectivity index is 2.01. The van der Waals surface area contributed by atoms with Crippen LogP contribution in [0.4, 0.5) is 0 Å². The SMILES string of the molecule is COc1ccc2cc(-c3cc(C(C)=O)c(C)n3-c3ccccc3)c(=O)oc2c1. The molecule has 0 fully saturated rings. The number of hydrogen-bond donors (Lipinski definition) is 0. The average molecular weight is 373 g/mol. The Morgan fingerprint density at radius 1 is 1.04 bits per heavy atom. The molecule has 0 aliphatic heterocycles. The Bertz CT molecular complexity index is 1250. The van der Waals surface area contributed by atoms with Crippen molar-refractivity contribution in [2.24, 2.45) is 0 Å². The van der Waals surface area contributed by atoms with E-state index in [2.05, 4.69) is 0 Å². The lowest BCUT2D eigenvalue weighted by atomic mass is 10.1. The van der Waals surface area contributed by atoms with Gasteiger partial charge in [0.15, 0.2) is 5.78 Å². The molecule has 0 aliphatic rings. The lowest BCUT2D eigenvalue weighted by Crippen LogP contribution is -2.07. The van der Waals surface area contributed by atoms with Crippen LogP contribution in [0.2, 0.25) is 0 Å². The minimum absolute atomic E-state index is 0.0525. The number of Topliss-reactive ketones (excluding diaryl/α,β-unsaturated/α-hetero) is 1. The minimum Gasteiger partial charge on any atom is -0.497 e. The van der Waals surface area contributed by atoms with Crippen molar-refractivity contribution >= 4 is 16.8 Å². The van der Waals surface area contributed by atoms with E-state index in [-0.39, 0.29) is 5.78 Å². The van der Waals surface area contributed by atoms with Crippen LogP contribution >= 0.6 is 0 Å². The van der Waals surface area contributed by atoms with E-state index in [1.54, 1.807) is 25.3 Å². The number of ketones is 1. The maximum Gasteiger partial charge on any atom is 0.345 e. The van der Waals surface area contributed by atoms with E-state index in [1.165, 1.54) is 6.92 Å². The van der Waals surface area contributed by atoms with Gasteiger partial charge in [0.2, 0.25) is 0 Å². The Labute approximate surface area is 161 Å². The van der Waals surface area contributed by atoms with Crippen LogP contribution in [0, 0.1) is 6.92 Å². The molecule has 0 spiro atoms. The molecule has 0 bridgehead atoms. The first-order valence-electron chi connectivity index (χ1n) is 8.90. The summed E-state index contributed by atoms with van der Waals surface area (Å²) in [6.45, 7) is 3.40. The number of rotatable bonds is 4. The topological polar surface area (TPSA) is 61.4 Å². The maximum absolute atomic E-state index is 12.8. The number of para-hydroxylation sites is 1. The van der Waals surface area contributed by atoms with E-state index in [1.807, 2.05) is 54.0 Å². The highest BCUT2D eigenvalue weighted by molar-refractivity contribution is 5.97. The molecular formula is C23H19NO4. The van der Waals surface area contributed by atoms with Crippen molar-refractivity contribution in [3.63, 3.8) is 0 Å². The molecule has 0 saturated heterocycles. The van der Waals surface area contributed by atoms with Crippen molar-refractivity contribution in [2.45, 2.75) is 13.8 Å². The fourth-order valence-corrected chi connectivity index (χ4v) is 3.47. The van der Waals surface area contributed by atoms with Crippen molar-refractivity contribution in [1.82, 2.24) is 4.57 Å². The van der Waals surface area contributed by atoms with E-state index in [0.29, 0.717) is 28.2 Å². The first kappa shape index (κ1) is 17.8. The monoisotopic (exact) mass is 373 g/mol. The summed E-state index contributed by atoms with van der Waals surface area (Å²) in [6, 6.07) is 18.5. The van der Waals surface area contributed by atoms with E-state index >= 15 is 0 Å². The summed E-state index contributed by atoms with van der Waals surface area (Å²) in [5.74, 6) is 0.564. The molecule has 140 valence electrons. The second-order valence-electron chi connectivity index (χ2n) is 6.61. The summed E-state index contributed by atoms with van der Waals surface area (Å²) >= 11 is 0. The normalized spacial score (nSPS) is 11.0. The zero-order valence-corrected chi connectivity index (χ0v) is 15.9. The molecule has 5 heteroatoms. The fraction of sp³-hybridized carbons (Fsp3) is 0.130. The molecule has 0 atom stereocenters. The largest absolute Gasteiger partial charge is 0.497 e. The number of aromatic nitrogens is 1. The van der Waals surface area contributed by atoms with Crippen LogP contribution in [0.15, 0.2) is 69.9 Å². The van der Waals surface area contributed by atoms with Crippen molar-refractivity contribution in [2.75, 3.05) is 7.11 Å². The highest BCUT2D eigenvalue weighted by atomic mass is 16.5. The quantitative estimate of drug-likeness (QED) is 0.382. The van der Waals surface area contributed by atoms with Gasteiger partial charge in [0.1, 0.15) is 11.3 Å². The van der Waals surface area contributed by atoms with Crippen molar-refractivity contribution in [3.8, 4) is 22.7 Å². The molecule has 0 radical (unpaired) electrons. The van der Waals surface area contributed by atoms with Gasteiger partial charge in [0, 0.05) is 28.4 Å². The Hall–Kier alpha value is -3.60. The zero-order chi connectivity index (χ0) is 19.8. The van der Waals surface area contributed by atoms with Gasteiger partial charge in [0.25, 0.3) is 0 Å². The van der Waals surface area contributed by atoms with Gasteiger partial charge in [-0.05, 0) is 50.2 Å². The molecule has 4 aromatic rings. The van der Waals surface area contributed by atoms with Crippen LogP contribution in [0.25, 0.3) is 27.9 Å². The maximum atomic E-state index is 12.8. The predicted octanol–water partition coefficient (Wildman–Crippen LogP) is 4.77. The second kappa shape index (κ2) is 6.85. The van der Waals surface area contributed by atoms with Gasteiger partial charge in [0.05, 0.1) is 18.4 Å². The first-order chi connectivity index (χ1) is 13.5. The van der Waals surface area contributed by atoms with E-state index in [4.69, 9.17) is 9.15 Å². The molecule has 0 saturated carbocycles. The third-order valence-corrected chi connectivity index (χ3v) is 4.86. The van der Waals surface area contributed by atoms with Crippen LogP contribution in [0.5, 0.6) is 5.75 Å². The Morgan fingerprint density at radius 2 is 1.79 bits per heavy atom. The van der Waals surface area contributed by atoms with Crippen molar-refractivity contribution in [3.05, 3.63) is 82.3 Å². The lowest BCUT2D eigenvalue weighted by Gasteiger charge is -2.12. The summed E-state index contributed by atoms with van der Waals surface area (Å²) in [4.78, 5) is 24.9. The van der Waals surface area contributed by atoms with E-state index < -0.39 is 5.63 Å². The summed E-state index contributed by atoms with van der Waals surface area (Å²) < 4.78 is 12.7. The number of hydrogen-bond acceptors (Lipinski definition) is 4. The summed E-state index contributed by atoms with van der Waals surface area (Å²) in [5.41, 5.74) is 3.24. The number of methoxy groups -OCH3 is 1. The molecule has 0 amide bonds. The van der Waals surface area contributed by atoms with Crippen LogP contribution in [0.1, 0.15) is 23.0 Å². The summed E-state index contributed by atoms with van der Waals surface area (Å²) in [7, 11) is 1.56. The second-order valence-corrected chi connectivity index (χ2v) is 6.61. The Kier molecular flexibility index (Phi) is 4.35. The molecule has 0 aliphatic carbocycles. The van der Waals surface area contributed by atoms with Crippen LogP contribution < -0.4 is 10.4 Å². The van der Waals surface area contributed by atoms with Gasteiger partial charge < -0.3 is 13.7 Å². The highest BCUT2D eigenvalue weighted by Crippen LogP contribution is 2.30. The molecule has 5 nitrogen and oxygen atoms in total. The molecule has 4 rings (SSSR count). The standard InChI is InChI=1S/C23H19NO4/c1-14-19(15(2)25)13-21(24(14)17-7-5-4-6-8-17)20-11-16-9-10-18(27-3)12-22(16)28-23(20)26/h4-13H,1-3H3. The lowest BCUT2D eigenvalue weighted by molar-refractivity contribution is 0.101. The van der Waals surface area contributed by atoms with Crippen molar-refractivity contribution in [1.29, 1.82) is 0 Å². The first-order valence-corrected chi connectivity index (χ1v) is 8.90. The summed E-state index contributed by atoms with van der Waals surface area (Å²) in [6.07, 6.45) is 0. The van der Waals surface area contributed by atoms with Gasteiger partial charge in [-0.25, -0.2) is 4.79 Å². The molecule has 28 heavy (non-hydrogen) atoms. The van der Waals surface area contributed by atoms with Crippen LogP contribution in [0.3, 0.4) is 0 Å². The molecule has 2 heterocycles. The van der Waals surface area contributed by atoms with Gasteiger partial charge in [-0.3, -0.25) is 4.79 Å². The molecular weight excluding hydrogens is 354 g/mol. The van der Waals surface area contributed by atoms with E-state index in [9.17, 15) is 9.59 Å². The van der Waals surface area contributed by atoms with E-state index in [0.717, 1.165) is 16.8 Å². The number of carbonyl (C=O) groups is 1. The number of carbonyl (C=O) groups excluding carboxylic acids is 1. The third-order valence-electron chi connectivity index (χ3n) is 4.86. The highest BCUT2D eigenvalue weighted by Gasteiger charge is 2.20. The summed E-state index contributed by atoms with van der Waals surface area (Å²) in [5, 5.41) is 0.776. The van der Waals surface area contributed by atoms with Gasteiger partial charge in [-0.15, -0.1) is 0 Å². The van der Waals surface area contributed by atoms with Gasteiger partial charge in [-0.2, -0.15) is 0 Å². The number of nitrogens with zero attached hydrogens (tertiary/aromatic N) is 1. The third kappa shape index (κ3) is 2.91. The minimum atomic E-state index is -0.467. The number of ether oxygens (including phenoxy) is 1. The van der Waals surface area contributed by atoms with Gasteiger partial charge in [-0.1, -0.05) is 18.2 Å². The number of fused-ring (bicyclic) bond motifs is 1. The Morgan fingerprint density at radius 3 is 2.46 bits per heavy atom. The fourth-order valence-electron chi connectivity index (χ4n) is 3.47. The zero-order valence-electron chi connectivity index (χ0n) is 15.9. The smallest absolute Gasteiger partial charge is 0.345 e. The molecule has 0 unspecified atom stereocenters. The molecule has 2 aromatic carbocycles. The molecule has 2 aromatic heterocycles. The average Bonchev–Trinajstić information content (AvgIpc) is 3.04.